The predicted molar refractivity (Wildman–Crippen MR) is 111 cm³/mol. The molecule has 0 saturated carbocycles. The summed E-state index contributed by atoms with van der Waals surface area (Å²) in [5.74, 6) is -0.451. The molecule has 1 heterocycles. The third-order valence-electron chi connectivity index (χ3n) is 4.11. The monoisotopic (exact) mass is 409 g/mol. The number of thiazole rings is 1. The number of nitro benzene ring substituents is 1. The van der Waals surface area contributed by atoms with Crippen LogP contribution in [0.5, 0.6) is 0 Å². The van der Waals surface area contributed by atoms with Gasteiger partial charge in [-0.05, 0) is 30.3 Å². The van der Waals surface area contributed by atoms with Gasteiger partial charge in [-0.2, -0.15) is 0 Å². The second kappa shape index (κ2) is 7.38. The molecule has 0 atom stereocenters. The number of amides is 1. The summed E-state index contributed by atoms with van der Waals surface area (Å²) in [5.41, 5.74) is 2.25. The summed E-state index contributed by atoms with van der Waals surface area (Å²) in [6.07, 6.45) is 0. The molecule has 1 amide bonds. The maximum Gasteiger partial charge on any atom is 0.270 e. The highest BCUT2D eigenvalue weighted by Gasteiger charge is 2.17. The number of fused-ring (bicyclic) bond motifs is 1. The molecule has 8 heteroatoms. The minimum Gasteiger partial charge on any atom is -0.321 e. The number of benzene rings is 3. The highest BCUT2D eigenvalue weighted by molar-refractivity contribution is 7.21. The van der Waals surface area contributed by atoms with Gasteiger partial charge in [0.2, 0.25) is 0 Å². The molecule has 3 aromatic carbocycles. The minimum atomic E-state index is -0.560. The van der Waals surface area contributed by atoms with E-state index in [9.17, 15) is 14.9 Å². The normalized spacial score (nSPS) is 10.8. The van der Waals surface area contributed by atoms with E-state index in [1.54, 1.807) is 6.07 Å². The third-order valence-corrected chi connectivity index (χ3v) is 5.49. The van der Waals surface area contributed by atoms with Crippen LogP contribution in [-0.2, 0) is 0 Å². The lowest BCUT2D eigenvalue weighted by Gasteiger charge is -2.10. The molecule has 0 radical (unpaired) electrons. The van der Waals surface area contributed by atoms with Gasteiger partial charge >= 0.3 is 0 Å². The van der Waals surface area contributed by atoms with E-state index in [2.05, 4.69) is 10.3 Å². The van der Waals surface area contributed by atoms with E-state index in [1.165, 1.54) is 23.5 Å². The minimum absolute atomic E-state index is 0.0177. The Hall–Kier alpha value is -3.29. The number of para-hydroxylation sites is 2. The molecule has 1 N–H and O–H groups in total. The van der Waals surface area contributed by atoms with Gasteiger partial charge in [-0.3, -0.25) is 14.9 Å². The Labute approximate surface area is 168 Å². The molecule has 0 bridgehead atoms. The van der Waals surface area contributed by atoms with Gasteiger partial charge in [-0.15, -0.1) is 11.3 Å². The first-order valence-corrected chi connectivity index (χ1v) is 9.42. The molecule has 0 fully saturated rings. The summed E-state index contributed by atoms with van der Waals surface area (Å²) in [5, 5.41) is 14.5. The SMILES string of the molecule is O=C(Nc1ccccc1-c1nc2ccccc2s1)c1ccc([N+](=O)[O-])cc1Cl. The molecular weight excluding hydrogens is 398 g/mol. The second-order valence-corrected chi connectivity index (χ2v) is 7.35. The van der Waals surface area contributed by atoms with Gasteiger partial charge in [0.05, 0.1) is 31.4 Å². The van der Waals surface area contributed by atoms with Crippen LogP contribution in [0.4, 0.5) is 11.4 Å². The number of nitro groups is 1. The maximum absolute atomic E-state index is 12.7. The zero-order valence-corrected chi connectivity index (χ0v) is 15.8. The average molecular weight is 410 g/mol. The molecule has 0 aliphatic rings. The zero-order chi connectivity index (χ0) is 19.7. The van der Waals surface area contributed by atoms with Crippen LogP contribution in [0.15, 0.2) is 66.7 Å². The molecule has 138 valence electrons. The third kappa shape index (κ3) is 3.45. The number of non-ortho nitro benzene ring substituents is 1. The number of nitrogens with zero attached hydrogens (tertiary/aromatic N) is 2. The van der Waals surface area contributed by atoms with E-state index < -0.39 is 10.8 Å². The molecule has 6 nitrogen and oxygen atoms in total. The lowest BCUT2D eigenvalue weighted by atomic mass is 10.1. The van der Waals surface area contributed by atoms with Crippen molar-refractivity contribution in [2.45, 2.75) is 0 Å². The van der Waals surface area contributed by atoms with Crippen molar-refractivity contribution in [3.63, 3.8) is 0 Å². The van der Waals surface area contributed by atoms with Crippen molar-refractivity contribution in [1.82, 2.24) is 4.98 Å². The van der Waals surface area contributed by atoms with Crippen LogP contribution in [0.2, 0.25) is 5.02 Å². The van der Waals surface area contributed by atoms with Gasteiger partial charge in [0.1, 0.15) is 5.01 Å². The summed E-state index contributed by atoms with van der Waals surface area (Å²) in [7, 11) is 0. The summed E-state index contributed by atoms with van der Waals surface area (Å²) < 4.78 is 1.05. The molecule has 0 saturated heterocycles. The fourth-order valence-electron chi connectivity index (χ4n) is 2.76. The molecule has 4 rings (SSSR count). The van der Waals surface area contributed by atoms with Crippen LogP contribution >= 0.6 is 22.9 Å². The van der Waals surface area contributed by atoms with E-state index >= 15 is 0 Å². The number of rotatable bonds is 4. The van der Waals surface area contributed by atoms with Crippen LogP contribution in [-0.4, -0.2) is 15.8 Å². The van der Waals surface area contributed by atoms with Crippen LogP contribution in [0.25, 0.3) is 20.8 Å². The van der Waals surface area contributed by atoms with Crippen molar-refractivity contribution in [2.75, 3.05) is 5.32 Å². The van der Waals surface area contributed by atoms with Crippen molar-refractivity contribution < 1.29 is 9.72 Å². The number of hydrogen-bond acceptors (Lipinski definition) is 5. The molecular formula is C20H12ClN3O3S. The van der Waals surface area contributed by atoms with E-state index in [4.69, 9.17) is 11.6 Å². The van der Waals surface area contributed by atoms with Gasteiger partial charge in [-0.25, -0.2) is 4.98 Å². The predicted octanol–water partition coefficient (Wildman–Crippen LogP) is 5.78. The molecule has 28 heavy (non-hydrogen) atoms. The highest BCUT2D eigenvalue weighted by Crippen LogP contribution is 2.35. The highest BCUT2D eigenvalue weighted by atomic mass is 35.5. The van der Waals surface area contributed by atoms with Crippen LogP contribution in [0.3, 0.4) is 0 Å². The summed E-state index contributed by atoms with van der Waals surface area (Å²) >= 11 is 7.60. The summed E-state index contributed by atoms with van der Waals surface area (Å²) in [4.78, 5) is 27.6. The zero-order valence-electron chi connectivity index (χ0n) is 14.3. The number of halogens is 1. The van der Waals surface area contributed by atoms with Crippen LogP contribution < -0.4 is 5.32 Å². The molecule has 0 unspecified atom stereocenters. The van der Waals surface area contributed by atoms with Crippen molar-refractivity contribution >= 4 is 50.4 Å². The summed E-state index contributed by atoms with van der Waals surface area (Å²) in [6.45, 7) is 0. The lowest BCUT2D eigenvalue weighted by Crippen LogP contribution is -2.13. The standard InChI is InChI=1S/C20H12ClN3O3S/c21-15-11-12(24(26)27)9-10-13(15)19(25)22-16-6-2-1-5-14(16)20-23-17-7-3-4-8-18(17)28-20/h1-11H,(H,22,25). The summed E-state index contributed by atoms with van der Waals surface area (Å²) in [6, 6.07) is 18.9. The van der Waals surface area contributed by atoms with Crippen LogP contribution in [0.1, 0.15) is 10.4 Å². The Morgan fingerprint density at radius 2 is 1.82 bits per heavy atom. The Kier molecular flexibility index (Phi) is 4.77. The second-order valence-electron chi connectivity index (χ2n) is 5.91. The smallest absolute Gasteiger partial charge is 0.270 e. The van der Waals surface area contributed by atoms with Gasteiger partial charge in [0.15, 0.2) is 0 Å². The molecule has 0 aliphatic heterocycles. The molecule has 1 aromatic heterocycles. The van der Waals surface area contributed by atoms with Crippen molar-refractivity contribution in [2.24, 2.45) is 0 Å². The van der Waals surface area contributed by atoms with E-state index in [0.717, 1.165) is 26.9 Å². The van der Waals surface area contributed by atoms with Crippen LogP contribution in [0, 0.1) is 10.1 Å². The number of hydrogen-bond donors (Lipinski definition) is 1. The maximum atomic E-state index is 12.7. The van der Waals surface area contributed by atoms with Gasteiger partial charge < -0.3 is 5.32 Å². The van der Waals surface area contributed by atoms with E-state index in [-0.39, 0.29) is 16.3 Å². The number of anilines is 1. The van der Waals surface area contributed by atoms with Crippen molar-refractivity contribution in [3.05, 3.63) is 87.4 Å². The number of nitrogens with one attached hydrogen (secondary N) is 1. The van der Waals surface area contributed by atoms with Crippen molar-refractivity contribution in [3.8, 4) is 10.6 Å². The molecule has 0 aliphatic carbocycles. The van der Waals surface area contributed by atoms with E-state index in [1.807, 2.05) is 42.5 Å². The largest absolute Gasteiger partial charge is 0.321 e. The van der Waals surface area contributed by atoms with Gasteiger partial charge in [0.25, 0.3) is 11.6 Å². The fourth-order valence-corrected chi connectivity index (χ4v) is 4.02. The average Bonchev–Trinajstić information content (AvgIpc) is 3.12. The fraction of sp³-hybridized carbons (Fsp3) is 0. The number of aromatic nitrogens is 1. The molecule has 0 spiro atoms. The Morgan fingerprint density at radius 1 is 1.07 bits per heavy atom. The van der Waals surface area contributed by atoms with E-state index in [0.29, 0.717) is 5.69 Å². The quantitative estimate of drug-likeness (QED) is 0.342. The first kappa shape index (κ1) is 18.1. The molecule has 4 aromatic rings. The first-order chi connectivity index (χ1) is 13.5. The Bertz CT molecular complexity index is 1190. The number of carbonyl (C=O) groups is 1. The topological polar surface area (TPSA) is 85.1 Å². The first-order valence-electron chi connectivity index (χ1n) is 8.23. The Morgan fingerprint density at radius 3 is 2.57 bits per heavy atom. The van der Waals surface area contributed by atoms with Gasteiger partial charge in [0, 0.05) is 17.7 Å². The number of carbonyl (C=O) groups excluding carboxylic acids is 1. The lowest BCUT2D eigenvalue weighted by molar-refractivity contribution is -0.384. The Balaban J connectivity index is 1.67. The van der Waals surface area contributed by atoms with Crippen molar-refractivity contribution in [1.29, 1.82) is 0 Å². The van der Waals surface area contributed by atoms with Gasteiger partial charge in [-0.1, -0.05) is 35.9 Å².